The van der Waals surface area contributed by atoms with Gasteiger partial charge in [-0.2, -0.15) is 18.3 Å². The highest BCUT2D eigenvalue weighted by molar-refractivity contribution is 7.99. The third-order valence-corrected chi connectivity index (χ3v) is 19.3. The number of piperazine rings is 2. The van der Waals surface area contributed by atoms with Crippen LogP contribution in [0, 0.1) is 5.41 Å². The molecule has 3 N–H and O–H groups in total. The Morgan fingerprint density at radius 1 is 0.812 bits per heavy atom. The normalized spacial score (nSPS) is 18.5. The quantitative estimate of drug-likeness (QED) is 0.0665. The van der Waals surface area contributed by atoms with Crippen LogP contribution in [0.15, 0.2) is 130 Å². The molecule has 3 aliphatic heterocycles. The number of imide groups is 1. The molecule has 3 fully saturated rings. The molecule has 426 valence electrons. The van der Waals surface area contributed by atoms with Crippen molar-refractivity contribution in [3.8, 4) is 0 Å². The summed E-state index contributed by atoms with van der Waals surface area (Å²) in [5.41, 5.74) is -0.374. The molecular weight excluding hydrogens is 1110 g/mol. The number of benzene rings is 4. The zero-order valence-electron chi connectivity index (χ0n) is 44.4. The van der Waals surface area contributed by atoms with E-state index in [9.17, 15) is 44.4 Å². The highest BCUT2D eigenvalue weighted by Crippen LogP contribution is 2.43. The molecule has 0 unspecified atom stereocenters. The van der Waals surface area contributed by atoms with E-state index in [1.807, 2.05) is 47.2 Å². The van der Waals surface area contributed by atoms with E-state index in [2.05, 4.69) is 66.4 Å². The van der Waals surface area contributed by atoms with Gasteiger partial charge in [-0.3, -0.25) is 29.6 Å². The van der Waals surface area contributed by atoms with Crippen LogP contribution in [0.25, 0.3) is 5.57 Å². The van der Waals surface area contributed by atoms with E-state index in [0.717, 1.165) is 80.3 Å². The number of carbonyl (C=O) groups excluding carboxylic acids is 3. The number of thioether (sulfide) groups is 1. The van der Waals surface area contributed by atoms with E-state index >= 15 is 0 Å². The first-order chi connectivity index (χ1) is 38.1. The fourth-order valence-electron chi connectivity index (χ4n) is 10.5. The van der Waals surface area contributed by atoms with Crippen LogP contribution in [0.5, 0.6) is 0 Å². The number of aromatic nitrogens is 2. The fourth-order valence-corrected chi connectivity index (χ4v) is 13.6. The first-order valence-corrected chi connectivity index (χ1v) is 30.8. The highest BCUT2D eigenvalue weighted by Gasteiger charge is 2.48. The summed E-state index contributed by atoms with van der Waals surface area (Å²) in [7, 11) is -11.0. The molecule has 1 aromatic heterocycles. The lowest BCUT2D eigenvalue weighted by Gasteiger charge is -2.39. The second-order valence-electron chi connectivity index (χ2n) is 21.3. The number of halogens is 4. The van der Waals surface area contributed by atoms with Crippen molar-refractivity contribution >= 4 is 83.8 Å². The van der Waals surface area contributed by atoms with Crippen LogP contribution >= 0.6 is 23.4 Å². The third kappa shape index (κ3) is 14.7. The van der Waals surface area contributed by atoms with E-state index in [4.69, 9.17) is 11.6 Å². The summed E-state index contributed by atoms with van der Waals surface area (Å²) >= 11 is 7.63. The first-order valence-electron chi connectivity index (χ1n) is 26.5. The van der Waals surface area contributed by atoms with Crippen molar-refractivity contribution in [2.75, 3.05) is 92.9 Å². The van der Waals surface area contributed by atoms with Crippen LogP contribution in [0.4, 0.5) is 35.2 Å². The Labute approximate surface area is 474 Å². The summed E-state index contributed by atoms with van der Waals surface area (Å²) in [5, 5.41) is 14.2. The molecule has 24 heteroatoms. The molecule has 17 nitrogen and oxygen atoms in total. The maximum Gasteiger partial charge on any atom is 0.501 e. The topological polar surface area (TPSA) is 198 Å². The largest absolute Gasteiger partial charge is 0.501 e. The average Bonchev–Trinajstić information content (AvgIpc) is 3.43. The Bertz CT molecular complexity index is 3310. The van der Waals surface area contributed by atoms with Gasteiger partial charge in [-0.05, 0) is 121 Å². The molecule has 3 saturated heterocycles. The minimum absolute atomic E-state index is 0.0239. The number of anilines is 3. The molecule has 0 radical (unpaired) electrons. The van der Waals surface area contributed by atoms with Crippen LogP contribution in [0.1, 0.15) is 67.4 Å². The lowest BCUT2D eigenvalue weighted by molar-refractivity contribution is -0.120. The minimum Gasteiger partial charge on any atom is -0.380 e. The van der Waals surface area contributed by atoms with E-state index < -0.39 is 58.8 Å². The summed E-state index contributed by atoms with van der Waals surface area (Å²) in [6, 6.07) is 26.7. The van der Waals surface area contributed by atoms with Gasteiger partial charge in [-0.15, -0.1) is 16.9 Å². The maximum atomic E-state index is 14.5. The number of nitrogens with zero attached hydrogens (tertiary/aromatic N) is 7. The van der Waals surface area contributed by atoms with Crippen molar-refractivity contribution in [3.63, 3.8) is 0 Å². The predicted molar refractivity (Wildman–Crippen MR) is 304 cm³/mol. The van der Waals surface area contributed by atoms with Gasteiger partial charge in [0.05, 0.1) is 16.8 Å². The molecular formula is C56H64ClF3N10O7S3. The molecule has 9 rings (SSSR count). The Kier molecular flexibility index (Phi) is 18.3. The lowest BCUT2D eigenvalue weighted by atomic mass is 9.73. The van der Waals surface area contributed by atoms with Crippen LogP contribution < -0.4 is 25.2 Å². The molecule has 1 aliphatic carbocycles. The van der Waals surface area contributed by atoms with Crippen LogP contribution in [0.3, 0.4) is 0 Å². The van der Waals surface area contributed by atoms with Crippen molar-refractivity contribution in [1.82, 2.24) is 34.9 Å². The van der Waals surface area contributed by atoms with Gasteiger partial charge in [0.2, 0.25) is 5.91 Å². The van der Waals surface area contributed by atoms with E-state index in [1.165, 1.54) is 45.5 Å². The fraction of sp³-hybridized carbons (Fsp3) is 0.411. The molecule has 4 amide bonds. The van der Waals surface area contributed by atoms with Crippen molar-refractivity contribution in [1.29, 1.82) is 0 Å². The second kappa shape index (κ2) is 25.0. The predicted octanol–water partition coefficient (Wildman–Crippen LogP) is 8.56. The molecule has 4 aliphatic rings. The van der Waals surface area contributed by atoms with Crippen molar-refractivity contribution in [2.45, 2.75) is 78.7 Å². The molecule has 80 heavy (non-hydrogen) atoms. The van der Waals surface area contributed by atoms with Gasteiger partial charge >= 0.3 is 11.5 Å². The number of nitrogens with one attached hydrogen (secondary N) is 3. The standard InChI is InChI=1S/C56H64ClF3N10O7S3/c1-55(2)21-18-48(40-8-12-43(57)13-9-40)42(34-55)37-68-28-30-69(31-29-68)45-14-10-41(11-15-45)53(72)65-80(76,77)47-16-17-49(50(33-47)79(74,75)56(58,59)60)62-44(38-78-46-6-4-3-5-7-46)19-22-66-24-26-67(27-25-66)36-39-32-51(64-61-35-39)70-23-20-52(71)63-54(70)73/h3-17,32-33,35,44,62H,18-31,34,36-38H2,1-2H3,(H,65,72)(H,63,71,73)/t44-/m1/s1. The Morgan fingerprint density at radius 3 is 2.17 bits per heavy atom. The average molecular weight is 1180 g/mol. The monoisotopic (exact) mass is 1180 g/mol. The molecule has 4 heterocycles. The second-order valence-corrected chi connectivity index (χ2v) is 26.5. The van der Waals surface area contributed by atoms with E-state index in [-0.39, 0.29) is 29.9 Å². The van der Waals surface area contributed by atoms with Gasteiger partial charge in [0.1, 0.15) is 4.90 Å². The number of allylic oxidation sites excluding steroid dienone is 1. The van der Waals surface area contributed by atoms with Gasteiger partial charge in [0.15, 0.2) is 5.82 Å². The van der Waals surface area contributed by atoms with Gasteiger partial charge < -0.3 is 15.1 Å². The maximum absolute atomic E-state index is 14.5. The number of rotatable bonds is 19. The van der Waals surface area contributed by atoms with Crippen LogP contribution in [0.2, 0.25) is 5.02 Å². The molecule has 4 aromatic carbocycles. The smallest absolute Gasteiger partial charge is 0.380 e. The Balaban J connectivity index is 0.833. The molecule has 0 bridgehead atoms. The molecule has 0 spiro atoms. The van der Waals surface area contributed by atoms with Crippen molar-refractivity contribution in [2.24, 2.45) is 5.41 Å². The van der Waals surface area contributed by atoms with Gasteiger partial charge in [-0.1, -0.05) is 61.4 Å². The SMILES string of the molecule is CC1(C)CCC(c2ccc(Cl)cc2)=C(CN2CCN(c3ccc(C(=O)NS(=O)(=O)c4ccc(N[C@H](CCN5CCN(Cc6cnnc(N7CCC(=O)NC7=O)c6)CC5)CSc5ccccc5)c(S(=O)(=O)C(F)(F)F)c4)cc3)CC2)C1. The zero-order chi connectivity index (χ0) is 56.8. The van der Waals surface area contributed by atoms with Crippen LogP contribution in [-0.4, -0.2) is 149 Å². The minimum atomic E-state index is -6.13. The first kappa shape index (κ1) is 58.6. The number of alkyl halides is 3. The molecule has 5 aromatic rings. The van der Waals surface area contributed by atoms with Gasteiger partial charge in [0.25, 0.3) is 25.8 Å². The van der Waals surface area contributed by atoms with E-state index in [1.54, 1.807) is 24.4 Å². The summed E-state index contributed by atoms with van der Waals surface area (Å²) in [5.74, 6) is -0.755. The number of amides is 4. The number of carbonyl (C=O) groups is 3. The van der Waals surface area contributed by atoms with Gasteiger partial charge in [0, 0.05) is 118 Å². The summed E-state index contributed by atoms with van der Waals surface area (Å²) in [6.45, 7) is 12.3. The Hall–Kier alpha value is -6.08. The summed E-state index contributed by atoms with van der Waals surface area (Å²) in [6.07, 6.45) is 5.25. The van der Waals surface area contributed by atoms with Gasteiger partial charge in [-0.25, -0.2) is 26.4 Å². The lowest BCUT2D eigenvalue weighted by Crippen LogP contribution is -2.50. The summed E-state index contributed by atoms with van der Waals surface area (Å²) < 4.78 is 99.5. The highest BCUT2D eigenvalue weighted by atomic mass is 35.5. The van der Waals surface area contributed by atoms with Crippen molar-refractivity contribution in [3.05, 3.63) is 137 Å². The summed E-state index contributed by atoms with van der Waals surface area (Å²) in [4.78, 5) is 46.7. The number of hydrogen-bond acceptors (Lipinski definition) is 15. The Morgan fingerprint density at radius 2 is 1.49 bits per heavy atom. The number of sulfone groups is 1. The third-order valence-electron chi connectivity index (χ3n) is 15.0. The molecule has 1 atom stereocenters. The number of sulfonamides is 1. The number of hydrogen-bond donors (Lipinski definition) is 3. The molecule has 0 saturated carbocycles. The van der Waals surface area contributed by atoms with Crippen LogP contribution in [-0.2, 0) is 31.2 Å². The van der Waals surface area contributed by atoms with E-state index in [0.29, 0.717) is 68.3 Å². The van der Waals surface area contributed by atoms with Crippen molar-refractivity contribution < 1.29 is 44.4 Å². The number of urea groups is 1. The zero-order valence-corrected chi connectivity index (χ0v) is 47.6.